The molecule has 128 heavy (non-hydrogen) atoms. The minimum Gasteiger partial charge on any atom is -0.444 e. The lowest BCUT2D eigenvalue weighted by Crippen LogP contribution is -2.41. The Kier molecular flexibility index (Phi) is 30.1. The fourth-order valence-corrected chi connectivity index (χ4v) is 17.6. The van der Waals surface area contributed by atoms with Crippen molar-refractivity contribution in [2.75, 3.05) is 83.1 Å². The summed E-state index contributed by atoms with van der Waals surface area (Å²) >= 11 is 13.5. The van der Waals surface area contributed by atoms with Crippen LogP contribution in [0.2, 0.25) is 0 Å². The number of fused-ring (bicyclic) bond motifs is 7. The summed E-state index contributed by atoms with van der Waals surface area (Å²) < 4.78 is 26.7. The van der Waals surface area contributed by atoms with Crippen molar-refractivity contribution in [3.05, 3.63) is 229 Å². The van der Waals surface area contributed by atoms with Gasteiger partial charge in [0.15, 0.2) is 11.2 Å². The Hall–Kier alpha value is -10.4. The number of ether oxygens (including phenoxy) is 1. The molecule has 7 aromatic heterocycles. The van der Waals surface area contributed by atoms with Crippen LogP contribution in [-0.2, 0) is 14.4 Å². The van der Waals surface area contributed by atoms with Crippen LogP contribution >= 0.6 is 63.7 Å². The highest BCUT2D eigenvalue weighted by atomic mass is 79.9. The van der Waals surface area contributed by atoms with Crippen LogP contribution in [0.25, 0.3) is 87.8 Å². The number of nitrogen functional groups attached to an aromatic ring is 2. The SMILES string of the molecule is CC1(C)ON(c2ccc3oc(N)nc3c2)OC1(C)C.CC1CCN(C(=O)OC(C)(C)C)CC1.CN1CCC(n2cnc3ccc(-c4ccc5oc(N)nc5c4)cc3c2=O)CC1.CN1CCC(n2cnc3ccc(Br)cc3c2=O)CC1.O=c1[nH]cnc2ccc(Br)cc12.O=c1c2cc(Br)ccc2ncn1C1CCCCC1.O=c1c2cc(Br)ccc2ncn1C1CCNCC1. The Morgan fingerprint density at radius 3 is 1.27 bits per heavy atom. The zero-order valence-electron chi connectivity index (χ0n) is 73.6. The number of carbonyl (C=O) groups excluding carboxylic acids is 1. The number of halogens is 4. The molecule has 6 N–H and O–H groups in total. The number of benzene rings is 7. The van der Waals surface area contributed by atoms with E-state index < -0.39 is 11.2 Å². The number of nitrogens with two attached hydrogens (primary N) is 2. The van der Waals surface area contributed by atoms with Gasteiger partial charge in [0.2, 0.25) is 0 Å². The number of hydrogen-bond acceptors (Lipinski definition) is 24. The number of rotatable bonds is 6. The van der Waals surface area contributed by atoms with Crippen molar-refractivity contribution in [3.8, 4) is 11.1 Å². The van der Waals surface area contributed by atoms with Crippen molar-refractivity contribution in [3.63, 3.8) is 0 Å². The molecule has 0 spiro atoms. The van der Waals surface area contributed by atoms with Crippen molar-refractivity contribution < 1.29 is 28.0 Å². The molecule has 6 fully saturated rings. The molecule has 30 nitrogen and oxygen atoms in total. The molecule has 1 aliphatic carbocycles. The van der Waals surface area contributed by atoms with E-state index in [1.54, 1.807) is 52.6 Å². The van der Waals surface area contributed by atoms with Crippen molar-refractivity contribution in [2.45, 2.75) is 180 Å². The fraction of sp³-hybridized carbons (Fsp3) is 0.415. The van der Waals surface area contributed by atoms with Crippen LogP contribution in [0, 0.1) is 5.92 Å². The summed E-state index contributed by atoms with van der Waals surface area (Å²) in [5.41, 5.74) is 19.1. The van der Waals surface area contributed by atoms with E-state index in [2.05, 4.69) is 140 Å². The number of aromatic nitrogens is 12. The van der Waals surface area contributed by atoms with Gasteiger partial charge in [0.25, 0.3) is 39.8 Å². The number of aromatic amines is 1. The Balaban J connectivity index is 0.000000123. The first-order valence-corrected chi connectivity index (χ1v) is 46.6. The molecule has 674 valence electrons. The molecule has 5 aliphatic heterocycles. The number of amides is 1. The summed E-state index contributed by atoms with van der Waals surface area (Å²) in [5, 5.41) is 8.05. The number of H-pyrrole nitrogens is 1. The van der Waals surface area contributed by atoms with Crippen LogP contribution < -0.4 is 49.8 Å². The van der Waals surface area contributed by atoms with E-state index in [1.807, 2.05) is 172 Å². The Bertz CT molecular complexity index is 6480. The quantitative estimate of drug-likeness (QED) is 0.120. The number of piperidine rings is 4. The lowest BCUT2D eigenvalue weighted by molar-refractivity contribution is -0.0272. The molecule has 7 aromatic carbocycles. The molecule has 0 atom stereocenters. The van der Waals surface area contributed by atoms with Crippen LogP contribution in [0.1, 0.15) is 163 Å². The largest absolute Gasteiger partial charge is 0.444 e. The summed E-state index contributed by atoms with van der Waals surface area (Å²) in [6.07, 6.45) is 22.1. The number of nitrogens with one attached hydrogen (secondary N) is 2. The van der Waals surface area contributed by atoms with Crippen LogP contribution in [0.15, 0.2) is 210 Å². The lowest BCUT2D eigenvalue weighted by Gasteiger charge is -2.32. The molecule has 34 heteroatoms. The second kappa shape index (κ2) is 41.1. The number of oxazole rings is 2. The molecular formula is C94H109Br4N19O11. The molecule has 5 saturated heterocycles. The van der Waals surface area contributed by atoms with Crippen molar-refractivity contribution in [1.82, 2.24) is 78.2 Å². The molecular weight excluding hydrogens is 1890 g/mol. The second-order valence-electron chi connectivity index (χ2n) is 35.3. The maximum Gasteiger partial charge on any atom is 0.410 e. The van der Waals surface area contributed by atoms with Gasteiger partial charge in [-0.05, 0) is 298 Å². The first-order chi connectivity index (χ1) is 61.2. The van der Waals surface area contributed by atoms with Crippen LogP contribution in [-0.4, -0.2) is 162 Å². The fourth-order valence-electron chi connectivity index (χ4n) is 16.2. The second-order valence-corrected chi connectivity index (χ2v) is 39.0. The normalized spacial score (nSPS) is 17.3. The van der Waals surface area contributed by atoms with E-state index >= 15 is 0 Å². The van der Waals surface area contributed by atoms with Gasteiger partial charge in [-0.25, -0.2) is 39.4 Å². The predicted octanol–water partition coefficient (Wildman–Crippen LogP) is 18.2. The summed E-state index contributed by atoms with van der Waals surface area (Å²) in [7, 11) is 4.23. The minimum atomic E-state index is -0.426. The van der Waals surface area contributed by atoms with Gasteiger partial charge in [-0.2, -0.15) is 9.97 Å². The van der Waals surface area contributed by atoms with E-state index in [1.165, 1.54) is 30.8 Å². The molecule has 6 aliphatic rings. The van der Waals surface area contributed by atoms with E-state index in [4.69, 9.17) is 34.7 Å². The third-order valence-electron chi connectivity index (χ3n) is 24.3. The summed E-state index contributed by atoms with van der Waals surface area (Å²) in [6, 6.07) is 40.7. The van der Waals surface area contributed by atoms with E-state index in [0.29, 0.717) is 66.2 Å². The lowest BCUT2D eigenvalue weighted by atomic mass is 9.90. The molecule has 0 unspecified atom stereocenters. The van der Waals surface area contributed by atoms with Gasteiger partial charge in [0.05, 0.1) is 91.8 Å². The van der Waals surface area contributed by atoms with Crippen molar-refractivity contribution in [1.29, 1.82) is 0 Å². The van der Waals surface area contributed by atoms with Crippen LogP contribution in [0.3, 0.4) is 0 Å². The maximum absolute atomic E-state index is 13.2. The monoisotopic (exact) mass is 2000 g/mol. The Morgan fingerprint density at radius 1 is 0.445 bits per heavy atom. The molecule has 0 bridgehead atoms. The number of nitrogens with zero attached hydrogens (tertiary/aromatic N) is 15. The van der Waals surface area contributed by atoms with Gasteiger partial charge < -0.3 is 50.0 Å². The highest BCUT2D eigenvalue weighted by molar-refractivity contribution is 9.11. The highest BCUT2D eigenvalue weighted by Gasteiger charge is 2.50. The Labute approximate surface area is 773 Å². The molecule has 1 amide bonds. The van der Waals surface area contributed by atoms with Crippen molar-refractivity contribution >= 4 is 164 Å². The topological polar surface area (TPSA) is 359 Å². The van der Waals surface area contributed by atoms with Gasteiger partial charge in [0, 0.05) is 55.1 Å². The van der Waals surface area contributed by atoms with Crippen LogP contribution in [0.5, 0.6) is 0 Å². The minimum absolute atomic E-state index is 0.0214. The smallest absolute Gasteiger partial charge is 0.410 e. The summed E-state index contributed by atoms with van der Waals surface area (Å²) in [6.45, 7) is 23.6. The molecule has 0 radical (unpaired) electrons. The van der Waals surface area contributed by atoms with E-state index in [-0.39, 0.29) is 69.6 Å². The number of likely N-dealkylation sites (tertiary alicyclic amines) is 3. The van der Waals surface area contributed by atoms with E-state index in [0.717, 1.165) is 174 Å². The summed E-state index contributed by atoms with van der Waals surface area (Å²) in [5.74, 6) is 0.744. The maximum atomic E-state index is 13.2. The van der Waals surface area contributed by atoms with E-state index in [9.17, 15) is 28.8 Å². The third kappa shape index (κ3) is 23.0. The van der Waals surface area contributed by atoms with Gasteiger partial charge >= 0.3 is 6.09 Å². The zero-order chi connectivity index (χ0) is 90.9. The highest BCUT2D eigenvalue weighted by Crippen LogP contribution is 2.41. The molecule has 1 saturated carbocycles. The zero-order valence-corrected chi connectivity index (χ0v) is 80.0. The average molecular weight is 2000 g/mol. The van der Waals surface area contributed by atoms with Gasteiger partial charge in [-0.3, -0.25) is 42.2 Å². The number of anilines is 3. The first kappa shape index (κ1) is 93.7. The Morgan fingerprint density at radius 2 is 0.820 bits per heavy atom. The van der Waals surface area contributed by atoms with Gasteiger partial charge in [0.1, 0.15) is 27.8 Å². The van der Waals surface area contributed by atoms with Crippen molar-refractivity contribution in [2.24, 2.45) is 5.92 Å². The van der Waals surface area contributed by atoms with Gasteiger partial charge in [-0.15, -0.1) is 5.23 Å². The van der Waals surface area contributed by atoms with Gasteiger partial charge in [-0.1, -0.05) is 102 Å². The summed E-state index contributed by atoms with van der Waals surface area (Å²) in [4.78, 5) is 124. The first-order valence-electron chi connectivity index (χ1n) is 43.4. The molecule has 14 aromatic rings. The number of hydrogen-bond donors (Lipinski definition) is 4. The van der Waals surface area contributed by atoms with Crippen LogP contribution in [0.4, 0.5) is 22.5 Å². The number of carbonyl (C=O) groups is 1. The molecule has 20 rings (SSSR count). The molecule has 12 heterocycles. The predicted molar refractivity (Wildman–Crippen MR) is 517 cm³/mol. The standard InChI is InChI=1S/C21H21N5O2.C14H16BrN3O.C14H15BrN2O.C13H14BrN3O.C13H17N3O3.C11H21NO2.C8H5BrN2O/c1-25-8-6-15(7-9-25)26-12-23-17-4-2-13(10-16(17)20(26)27)14-3-5-19-18(11-14)24-21(22)28-19;1-17-6-4-11(5-7-17)18-9-16-13-3-2-10(15)8-12(13)14(18)19;15-10-6-7-13-12(8-10)14(18)17(9-16-13)11-4-2-1-3-5-11;14-9-1-2-12-11(7-9)13(18)17(8-16-12)10-3-5-15-6-4-10;1-12(2)13(3,4)19-16(18-12)8-5-6-10-9(7-8)15-11(14)17-10;1-9-5-7-12(8-6-9)10(13)14-11(2,3)4;9-5-1-2-7-6(3-5)8(12)11-4-10-7/h2-5,10-12,15H,6-9H2,1H3,(H2,22,24);2-3,8-9,11H,4-7H2,1H3;6-9,11H,1-5H2;1-2,7-8,10,15H,3-6H2;5-7H,1-4H3,(H2,14,15);9H,5-8H2,1-4H3;1-4H,(H,10,11,12). The third-order valence-corrected chi connectivity index (χ3v) is 26.3. The average Bonchev–Trinajstić information content (AvgIpc) is 1.66.